The van der Waals surface area contributed by atoms with Crippen LogP contribution >= 0.6 is 0 Å². The van der Waals surface area contributed by atoms with Gasteiger partial charge in [-0.2, -0.15) is 0 Å². The zero-order valence-electron chi connectivity index (χ0n) is 17.7. The fourth-order valence-electron chi connectivity index (χ4n) is 4.28. The van der Waals surface area contributed by atoms with Crippen molar-refractivity contribution in [2.45, 2.75) is 26.2 Å². The Kier molecular flexibility index (Phi) is 5.93. The van der Waals surface area contributed by atoms with Crippen molar-refractivity contribution in [1.29, 1.82) is 0 Å². The number of anilines is 3. The van der Waals surface area contributed by atoms with E-state index in [9.17, 15) is 14.4 Å². The lowest BCUT2D eigenvalue weighted by Crippen LogP contribution is -2.38. The summed E-state index contributed by atoms with van der Waals surface area (Å²) >= 11 is 0. The number of nitrogens with zero attached hydrogens (tertiary/aromatic N) is 2. The maximum atomic E-state index is 12.7. The summed E-state index contributed by atoms with van der Waals surface area (Å²) < 4.78 is 0. The van der Waals surface area contributed by atoms with E-state index in [-0.39, 0.29) is 36.0 Å². The number of amides is 3. The third-order valence-electron chi connectivity index (χ3n) is 6.24. The number of benzene rings is 2. The molecule has 7 heteroatoms. The highest BCUT2D eigenvalue weighted by molar-refractivity contribution is 6.03. The van der Waals surface area contributed by atoms with Gasteiger partial charge in [-0.05, 0) is 56.2 Å². The van der Waals surface area contributed by atoms with Gasteiger partial charge in [0.05, 0.1) is 5.92 Å². The average Bonchev–Trinajstić information content (AvgIpc) is 3.17. The van der Waals surface area contributed by atoms with E-state index in [1.54, 1.807) is 4.90 Å². The van der Waals surface area contributed by atoms with Crippen molar-refractivity contribution in [1.82, 2.24) is 0 Å². The van der Waals surface area contributed by atoms with Gasteiger partial charge < -0.3 is 20.9 Å². The van der Waals surface area contributed by atoms with Crippen LogP contribution in [0.3, 0.4) is 0 Å². The first-order chi connectivity index (χ1) is 14.9. The summed E-state index contributed by atoms with van der Waals surface area (Å²) in [6.45, 7) is 3.97. The first-order valence-electron chi connectivity index (χ1n) is 10.7. The summed E-state index contributed by atoms with van der Waals surface area (Å²) in [6.07, 6.45) is 1.74. The molecule has 1 unspecified atom stereocenters. The predicted octanol–water partition coefficient (Wildman–Crippen LogP) is 2.69. The predicted molar refractivity (Wildman–Crippen MR) is 121 cm³/mol. The summed E-state index contributed by atoms with van der Waals surface area (Å²) in [5, 5.41) is 2.94. The molecular weight excluding hydrogens is 392 g/mol. The van der Waals surface area contributed by atoms with E-state index in [4.69, 9.17) is 5.73 Å². The van der Waals surface area contributed by atoms with E-state index in [1.807, 2.05) is 55.5 Å². The van der Waals surface area contributed by atoms with Crippen molar-refractivity contribution in [3.05, 3.63) is 54.1 Å². The molecule has 0 saturated carbocycles. The van der Waals surface area contributed by atoms with Gasteiger partial charge >= 0.3 is 0 Å². The molecule has 3 N–H and O–H groups in total. The molecule has 0 aliphatic carbocycles. The molecular formula is C24H28N4O3. The standard InChI is InChI=1S/C24H28N4O3/c1-16-2-6-21(7-3-16)28-15-18(14-22(28)29)24(31)26-19-4-8-20(9-5-19)27-12-10-17(11-13-27)23(25)30/h2-9,17-18H,10-15H2,1H3,(H2,25,30)(H,26,31). The van der Waals surface area contributed by atoms with E-state index in [2.05, 4.69) is 10.2 Å². The Labute approximate surface area is 182 Å². The van der Waals surface area contributed by atoms with Crippen molar-refractivity contribution < 1.29 is 14.4 Å². The minimum absolute atomic E-state index is 0.0290. The lowest BCUT2D eigenvalue weighted by atomic mass is 9.96. The molecule has 2 fully saturated rings. The van der Waals surface area contributed by atoms with E-state index >= 15 is 0 Å². The van der Waals surface area contributed by atoms with E-state index in [1.165, 1.54) is 0 Å². The molecule has 1 atom stereocenters. The van der Waals surface area contributed by atoms with E-state index in [0.29, 0.717) is 12.2 Å². The third-order valence-corrected chi connectivity index (χ3v) is 6.24. The molecule has 2 aromatic carbocycles. The summed E-state index contributed by atoms with van der Waals surface area (Å²) in [7, 11) is 0. The summed E-state index contributed by atoms with van der Waals surface area (Å²) in [5.41, 5.74) is 9.13. The molecule has 0 aromatic heterocycles. The SMILES string of the molecule is Cc1ccc(N2CC(C(=O)Nc3ccc(N4CCC(C(N)=O)CC4)cc3)CC2=O)cc1. The lowest BCUT2D eigenvalue weighted by molar-refractivity contribution is -0.122. The molecule has 0 radical (unpaired) electrons. The largest absolute Gasteiger partial charge is 0.371 e. The molecule has 0 bridgehead atoms. The minimum Gasteiger partial charge on any atom is -0.371 e. The topological polar surface area (TPSA) is 95.7 Å². The summed E-state index contributed by atoms with van der Waals surface area (Å²) in [6, 6.07) is 15.5. The summed E-state index contributed by atoms with van der Waals surface area (Å²) in [5.74, 6) is -0.800. The van der Waals surface area contributed by atoms with Crippen molar-refractivity contribution in [2.24, 2.45) is 17.6 Å². The second-order valence-corrected chi connectivity index (χ2v) is 8.44. The van der Waals surface area contributed by atoms with Crippen LogP contribution in [0.5, 0.6) is 0 Å². The zero-order valence-corrected chi connectivity index (χ0v) is 17.7. The minimum atomic E-state index is -0.374. The average molecular weight is 421 g/mol. The van der Waals surface area contributed by atoms with Gasteiger partial charge in [-0.1, -0.05) is 17.7 Å². The van der Waals surface area contributed by atoms with E-state index < -0.39 is 0 Å². The molecule has 2 saturated heterocycles. The number of nitrogens with two attached hydrogens (primary N) is 1. The number of carbonyl (C=O) groups is 3. The van der Waals surface area contributed by atoms with Gasteiger partial charge in [0.1, 0.15) is 0 Å². The quantitative estimate of drug-likeness (QED) is 0.777. The molecule has 4 rings (SSSR count). The number of nitrogens with one attached hydrogen (secondary N) is 1. The number of primary amides is 1. The smallest absolute Gasteiger partial charge is 0.229 e. The third kappa shape index (κ3) is 4.71. The van der Waals surface area contributed by atoms with Gasteiger partial charge in [0, 0.05) is 49.0 Å². The van der Waals surface area contributed by atoms with Gasteiger partial charge in [0.2, 0.25) is 17.7 Å². The molecule has 2 aliphatic rings. The van der Waals surface area contributed by atoms with Gasteiger partial charge in [0.15, 0.2) is 0 Å². The Morgan fingerprint density at radius 2 is 1.55 bits per heavy atom. The van der Waals surface area contributed by atoms with Crippen LogP contribution in [0, 0.1) is 18.8 Å². The number of hydrogen-bond acceptors (Lipinski definition) is 4. The number of carbonyl (C=O) groups excluding carboxylic acids is 3. The Bertz CT molecular complexity index is 963. The van der Waals surface area contributed by atoms with Crippen LogP contribution in [0.1, 0.15) is 24.8 Å². The van der Waals surface area contributed by atoms with Crippen LogP contribution < -0.4 is 20.9 Å². The maximum absolute atomic E-state index is 12.7. The van der Waals surface area contributed by atoms with Gasteiger partial charge in [-0.3, -0.25) is 14.4 Å². The second-order valence-electron chi connectivity index (χ2n) is 8.44. The Morgan fingerprint density at radius 3 is 2.16 bits per heavy atom. The zero-order chi connectivity index (χ0) is 22.0. The van der Waals surface area contributed by atoms with Crippen LogP contribution in [0.4, 0.5) is 17.1 Å². The van der Waals surface area contributed by atoms with Gasteiger partial charge in [-0.25, -0.2) is 0 Å². The van der Waals surface area contributed by atoms with Crippen molar-refractivity contribution in [3.63, 3.8) is 0 Å². The van der Waals surface area contributed by atoms with Gasteiger partial charge in [-0.15, -0.1) is 0 Å². The highest BCUT2D eigenvalue weighted by Crippen LogP contribution is 2.28. The summed E-state index contributed by atoms with van der Waals surface area (Å²) in [4.78, 5) is 40.4. The van der Waals surface area contributed by atoms with Crippen molar-refractivity contribution in [3.8, 4) is 0 Å². The first kappa shape index (κ1) is 20.9. The maximum Gasteiger partial charge on any atom is 0.229 e. The first-order valence-corrected chi connectivity index (χ1v) is 10.7. The Hall–Kier alpha value is -3.35. The monoisotopic (exact) mass is 420 g/mol. The fourth-order valence-corrected chi connectivity index (χ4v) is 4.28. The van der Waals surface area contributed by atoms with E-state index in [0.717, 1.165) is 42.9 Å². The lowest BCUT2D eigenvalue weighted by Gasteiger charge is -2.32. The van der Waals surface area contributed by atoms with Crippen LogP contribution in [-0.4, -0.2) is 37.4 Å². The molecule has 0 spiro atoms. The van der Waals surface area contributed by atoms with Crippen LogP contribution in [0.2, 0.25) is 0 Å². The number of piperidine rings is 1. The molecule has 31 heavy (non-hydrogen) atoms. The molecule has 3 amide bonds. The molecule has 2 heterocycles. The normalized spacial score (nSPS) is 19.5. The number of hydrogen-bond donors (Lipinski definition) is 2. The Morgan fingerprint density at radius 1 is 0.935 bits per heavy atom. The van der Waals surface area contributed by atoms with Gasteiger partial charge in [0.25, 0.3) is 0 Å². The fraction of sp³-hybridized carbons (Fsp3) is 0.375. The second kappa shape index (κ2) is 8.79. The molecule has 162 valence electrons. The number of aryl methyl sites for hydroxylation is 1. The van der Waals surface area contributed by atoms with Crippen molar-refractivity contribution in [2.75, 3.05) is 34.8 Å². The number of rotatable bonds is 5. The van der Waals surface area contributed by atoms with Crippen molar-refractivity contribution >= 4 is 34.8 Å². The molecule has 2 aliphatic heterocycles. The van der Waals surface area contributed by atoms with Crippen LogP contribution in [-0.2, 0) is 14.4 Å². The Balaban J connectivity index is 1.33. The van der Waals surface area contributed by atoms with Crippen LogP contribution in [0.15, 0.2) is 48.5 Å². The highest BCUT2D eigenvalue weighted by Gasteiger charge is 2.35. The van der Waals surface area contributed by atoms with Crippen LogP contribution in [0.25, 0.3) is 0 Å². The highest BCUT2D eigenvalue weighted by atomic mass is 16.2. The molecule has 7 nitrogen and oxygen atoms in total. The molecule has 2 aromatic rings.